The highest BCUT2D eigenvalue weighted by atomic mass is 35.5. The third kappa shape index (κ3) is 3.01. The number of anilines is 1. The fraction of sp³-hybridized carbons (Fsp3) is 0.385. The first-order chi connectivity index (χ1) is 8.56. The van der Waals surface area contributed by atoms with Gasteiger partial charge < -0.3 is 10.2 Å². The topological polar surface area (TPSA) is 49.4 Å². The monoisotopic (exact) mass is 266 g/mol. The summed E-state index contributed by atoms with van der Waals surface area (Å²) in [5, 5.41) is 3.36. The van der Waals surface area contributed by atoms with E-state index in [-0.39, 0.29) is 18.4 Å². The molecule has 1 saturated heterocycles. The van der Waals surface area contributed by atoms with Gasteiger partial charge in [-0.1, -0.05) is 17.7 Å². The van der Waals surface area contributed by atoms with Gasteiger partial charge in [0.2, 0.25) is 0 Å². The van der Waals surface area contributed by atoms with Gasteiger partial charge in [0, 0.05) is 23.7 Å². The summed E-state index contributed by atoms with van der Waals surface area (Å²) in [5.41, 5.74) is 1.61. The summed E-state index contributed by atoms with van der Waals surface area (Å²) in [5.74, 6) is 0.110. The lowest BCUT2D eigenvalue weighted by atomic mass is 10.1. The molecule has 0 aliphatic carbocycles. The van der Waals surface area contributed by atoms with E-state index >= 15 is 0 Å². The number of benzene rings is 1. The number of urea groups is 1. The molecule has 0 spiro atoms. The number of ketones is 1. The number of carbonyl (C=O) groups is 2. The average molecular weight is 267 g/mol. The zero-order chi connectivity index (χ0) is 13.1. The van der Waals surface area contributed by atoms with Crippen LogP contribution < -0.4 is 5.32 Å². The molecule has 0 saturated carbocycles. The van der Waals surface area contributed by atoms with Crippen molar-refractivity contribution < 1.29 is 9.59 Å². The van der Waals surface area contributed by atoms with Crippen LogP contribution in [0.1, 0.15) is 18.4 Å². The van der Waals surface area contributed by atoms with Crippen LogP contribution >= 0.6 is 11.6 Å². The van der Waals surface area contributed by atoms with E-state index in [0.717, 1.165) is 12.0 Å². The summed E-state index contributed by atoms with van der Waals surface area (Å²) in [4.78, 5) is 24.7. The average Bonchev–Trinajstić information content (AvgIpc) is 2.34. The number of nitrogens with zero attached hydrogens (tertiary/aromatic N) is 1. The lowest BCUT2D eigenvalue weighted by Crippen LogP contribution is -2.42. The molecule has 5 heteroatoms. The molecule has 1 aliphatic rings. The van der Waals surface area contributed by atoms with E-state index in [1.807, 2.05) is 13.0 Å². The van der Waals surface area contributed by atoms with Gasteiger partial charge >= 0.3 is 6.03 Å². The predicted molar refractivity (Wildman–Crippen MR) is 71.0 cm³/mol. The number of hydrogen-bond donors (Lipinski definition) is 1. The Labute approximate surface area is 111 Å². The molecule has 1 aromatic rings. The number of aryl methyl sites for hydroxylation is 1. The Balaban J connectivity index is 2.02. The van der Waals surface area contributed by atoms with Gasteiger partial charge in [0.15, 0.2) is 5.78 Å². The Kier molecular flexibility index (Phi) is 3.87. The minimum Gasteiger partial charge on any atom is -0.317 e. The van der Waals surface area contributed by atoms with Crippen molar-refractivity contribution in [1.82, 2.24) is 4.90 Å². The maximum Gasteiger partial charge on any atom is 0.322 e. The molecule has 1 N–H and O–H groups in total. The first-order valence-corrected chi connectivity index (χ1v) is 6.28. The summed E-state index contributed by atoms with van der Waals surface area (Å²) in [7, 11) is 0. The molecule has 0 aromatic heterocycles. The zero-order valence-corrected chi connectivity index (χ0v) is 11.0. The van der Waals surface area contributed by atoms with Crippen molar-refractivity contribution in [3.8, 4) is 0 Å². The number of nitrogens with one attached hydrogen (secondary N) is 1. The molecule has 2 rings (SSSR count). The van der Waals surface area contributed by atoms with Gasteiger partial charge in [-0.25, -0.2) is 4.79 Å². The van der Waals surface area contributed by atoms with Gasteiger partial charge in [0.1, 0.15) is 0 Å². The van der Waals surface area contributed by atoms with Gasteiger partial charge in [-0.05, 0) is 31.0 Å². The molecule has 1 fully saturated rings. The van der Waals surface area contributed by atoms with Crippen molar-refractivity contribution in [2.24, 2.45) is 0 Å². The smallest absolute Gasteiger partial charge is 0.317 e. The Morgan fingerprint density at radius 2 is 2.22 bits per heavy atom. The summed E-state index contributed by atoms with van der Waals surface area (Å²) >= 11 is 5.99. The minimum absolute atomic E-state index is 0.110. The second kappa shape index (κ2) is 5.40. The van der Waals surface area contributed by atoms with Crippen LogP contribution in [-0.2, 0) is 4.79 Å². The maximum atomic E-state index is 11.9. The number of carbonyl (C=O) groups excluding carboxylic acids is 2. The van der Waals surface area contributed by atoms with Gasteiger partial charge in [-0.15, -0.1) is 0 Å². The summed E-state index contributed by atoms with van der Waals surface area (Å²) in [6.07, 6.45) is 1.31. The van der Waals surface area contributed by atoms with E-state index in [0.29, 0.717) is 23.7 Å². The predicted octanol–water partition coefficient (Wildman–Crippen LogP) is 2.85. The maximum absolute atomic E-state index is 11.9. The fourth-order valence-corrected chi connectivity index (χ4v) is 2.07. The highest BCUT2D eigenvalue weighted by Gasteiger charge is 2.21. The molecule has 0 bridgehead atoms. The number of hydrogen-bond acceptors (Lipinski definition) is 2. The number of piperidine rings is 1. The van der Waals surface area contributed by atoms with Crippen molar-refractivity contribution >= 4 is 29.1 Å². The molecule has 96 valence electrons. The number of amides is 2. The van der Waals surface area contributed by atoms with Crippen LogP contribution in [0, 0.1) is 6.92 Å². The standard InChI is InChI=1S/C13H15ClN2O2/c1-9-4-5-10(7-12(9)14)15-13(18)16-6-2-3-11(17)8-16/h4-5,7H,2-3,6,8H2,1H3,(H,15,18). The van der Waals surface area contributed by atoms with E-state index < -0.39 is 0 Å². The van der Waals surface area contributed by atoms with Gasteiger partial charge in [0.05, 0.1) is 6.54 Å². The Hall–Kier alpha value is -1.55. The van der Waals surface area contributed by atoms with E-state index in [9.17, 15) is 9.59 Å². The highest BCUT2D eigenvalue weighted by molar-refractivity contribution is 6.31. The first-order valence-electron chi connectivity index (χ1n) is 5.90. The van der Waals surface area contributed by atoms with Crippen molar-refractivity contribution in [1.29, 1.82) is 0 Å². The molecule has 1 aromatic carbocycles. The Morgan fingerprint density at radius 3 is 2.89 bits per heavy atom. The van der Waals surface area contributed by atoms with Gasteiger partial charge in [-0.3, -0.25) is 4.79 Å². The number of rotatable bonds is 1. The molecule has 1 aliphatic heterocycles. The van der Waals surface area contributed by atoms with E-state index in [2.05, 4.69) is 5.32 Å². The molecule has 4 nitrogen and oxygen atoms in total. The van der Waals surface area contributed by atoms with Crippen molar-refractivity contribution in [2.75, 3.05) is 18.4 Å². The summed E-state index contributed by atoms with van der Waals surface area (Å²) in [6.45, 7) is 2.72. The quantitative estimate of drug-likeness (QED) is 0.850. The van der Waals surface area contributed by atoms with Crippen molar-refractivity contribution in [3.63, 3.8) is 0 Å². The second-order valence-corrected chi connectivity index (χ2v) is 4.87. The summed E-state index contributed by atoms with van der Waals surface area (Å²) < 4.78 is 0. The lowest BCUT2D eigenvalue weighted by Gasteiger charge is -2.26. The van der Waals surface area contributed by atoms with Crippen LogP contribution in [0.3, 0.4) is 0 Å². The van der Waals surface area contributed by atoms with Crippen LogP contribution in [0.4, 0.5) is 10.5 Å². The lowest BCUT2D eigenvalue weighted by molar-refractivity contribution is -0.121. The van der Waals surface area contributed by atoms with Gasteiger partial charge in [-0.2, -0.15) is 0 Å². The van der Waals surface area contributed by atoms with E-state index in [4.69, 9.17) is 11.6 Å². The Bertz CT molecular complexity index is 488. The van der Waals surface area contributed by atoms with Crippen LogP contribution in [-0.4, -0.2) is 29.8 Å². The molecule has 0 radical (unpaired) electrons. The number of likely N-dealkylation sites (tertiary alicyclic amines) is 1. The SMILES string of the molecule is Cc1ccc(NC(=O)N2CCCC(=O)C2)cc1Cl. The molecular weight excluding hydrogens is 252 g/mol. The molecule has 1 heterocycles. The first kappa shape index (κ1) is 12.9. The van der Waals surface area contributed by atoms with E-state index in [1.54, 1.807) is 12.1 Å². The van der Waals surface area contributed by atoms with Crippen LogP contribution in [0.5, 0.6) is 0 Å². The summed E-state index contributed by atoms with van der Waals surface area (Å²) in [6, 6.07) is 5.10. The third-order valence-corrected chi connectivity index (χ3v) is 3.37. The molecular formula is C13H15ClN2O2. The second-order valence-electron chi connectivity index (χ2n) is 4.46. The largest absolute Gasteiger partial charge is 0.322 e. The number of Topliss-reactive ketones (excluding diaryl/α,β-unsaturated/α-hetero) is 1. The number of halogens is 1. The van der Waals surface area contributed by atoms with E-state index in [1.165, 1.54) is 4.90 Å². The highest BCUT2D eigenvalue weighted by Crippen LogP contribution is 2.20. The van der Waals surface area contributed by atoms with Crippen molar-refractivity contribution in [3.05, 3.63) is 28.8 Å². The van der Waals surface area contributed by atoms with Crippen LogP contribution in [0.2, 0.25) is 5.02 Å². The molecule has 0 atom stereocenters. The fourth-order valence-electron chi connectivity index (χ4n) is 1.88. The van der Waals surface area contributed by atoms with Crippen LogP contribution in [0.25, 0.3) is 0 Å². The molecule has 18 heavy (non-hydrogen) atoms. The zero-order valence-electron chi connectivity index (χ0n) is 10.2. The Morgan fingerprint density at radius 1 is 1.44 bits per heavy atom. The molecule has 0 unspecified atom stereocenters. The van der Waals surface area contributed by atoms with Crippen LogP contribution in [0.15, 0.2) is 18.2 Å². The van der Waals surface area contributed by atoms with Crippen molar-refractivity contribution in [2.45, 2.75) is 19.8 Å². The minimum atomic E-state index is -0.247. The normalized spacial score (nSPS) is 15.7. The third-order valence-electron chi connectivity index (χ3n) is 2.96. The molecule has 2 amide bonds. The van der Waals surface area contributed by atoms with Gasteiger partial charge in [0.25, 0.3) is 0 Å².